The van der Waals surface area contributed by atoms with Crippen LogP contribution in [0.1, 0.15) is 16.8 Å². The fraction of sp³-hybridized carbons (Fsp3) is 0.158. The molecule has 0 aliphatic heterocycles. The molecule has 132 valence electrons. The van der Waals surface area contributed by atoms with Crippen molar-refractivity contribution < 1.29 is 4.74 Å². The van der Waals surface area contributed by atoms with Crippen LogP contribution in [0, 0.1) is 6.92 Å². The number of thioether (sulfide) groups is 1. The van der Waals surface area contributed by atoms with Crippen molar-refractivity contribution in [1.82, 2.24) is 14.9 Å². The van der Waals surface area contributed by atoms with Gasteiger partial charge >= 0.3 is 0 Å². The lowest BCUT2D eigenvalue weighted by molar-refractivity contribution is 0.306. The van der Waals surface area contributed by atoms with Gasteiger partial charge in [-0.15, -0.1) is 10.2 Å². The molecule has 2 aromatic carbocycles. The Bertz CT molecular complexity index is 954. The number of hydrogen-bond donors (Lipinski definition) is 0. The molecule has 1 aromatic heterocycles. The summed E-state index contributed by atoms with van der Waals surface area (Å²) in [7, 11) is 0. The first-order chi connectivity index (χ1) is 12.7. The highest BCUT2D eigenvalue weighted by Gasteiger charge is 2.07. The number of hydrogen-bond acceptors (Lipinski definition) is 6. The van der Waals surface area contributed by atoms with E-state index in [2.05, 4.69) is 15.3 Å². The Kier molecular flexibility index (Phi) is 5.80. The van der Waals surface area contributed by atoms with Crippen LogP contribution in [0.3, 0.4) is 0 Å². The van der Waals surface area contributed by atoms with E-state index in [0.29, 0.717) is 17.5 Å². The maximum Gasteiger partial charge on any atom is 0.296 e. The van der Waals surface area contributed by atoms with Gasteiger partial charge in [0, 0.05) is 0 Å². The zero-order valence-electron chi connectivity index (χ0n) is 14.5. The molecule has 0 saturated heterocycles. The van der Waals surface area contributed by atoms with Gasteiger partial charge in [-0.3, -0.25) is 4.79 Å². The zero-order chi connectivity index (χ0) is 18.4. The number of ether oxygens (including phenoxy) is 1. The van der Waals surface area contributed by atoms with Gasteiger partial charge < -0.3 is 4.74 Å². The van der Waals surface area contributed by atoms with E-state index in [4.69, 9.17) is 4.74 Å². The van der Waals surface area contributed by atoms with Gasteiger partial charge in [-0.25, -0.2) is 0 Å². The molecule has 0 amide bonds. The molecule has 0 bridgehead atoms. The highest BCUT2D eigenvalue weighted by atomic mass is 32.2. The number of rotatable bonds is 6. The fourth-order valence-electron chi connectivity index (χ4n) is 2.19. The van der Waals surface area contributed by atoms with E-state index in [0.717, 1.165) is 16.9 Å². The molecule has 3 rings (SSSR count). The smallest absolute Gasteiger partial charge is 0.296 e. The molecule has 0 fully saturated rings. The van der Waals surface area contributed by atoms with Crippen molar-refractivity contribution in [3.63, 3.8) is 0 Å². The Morgan fingerprint density at radius 1 is 1.12 bits per heavy atom. The van der Waals surface area contributed by atoms with Crippen molar-refractivity contribution in [3.8, 4) is 5.75 Å². The molecular formula is C19H18N4O2S. The second kappa shape index (κ2) is 8.44. The predicted molar refractivity (Wildman–Crippen MR) is 103 cm³/mol. The largest absolute Gasteiger partial charge is 0.489 e. The minimum Gasteiger partial charge on any atom is -0.489 e. The Balaban J connectivity index is 1.71. The van der Waals surface area contributed by atoms with Crippen molar-refractivity contribution in [2.75, 3.05) is 6.26 Å². The van der Waals surface area contributed by atoms with Gasteiger partial charge in [0.15, 0.2) is 0 Å². The molecule has 6 nitrogen and oxygen atoms in total. The zero-order valence-corrected chi connectivity index (χ0v) is 15.3. The van der Waals surface area contributed by atoms with Crippen LogP contribution in [0.2, 0.25) is 0 Å². The number of benzene rings is 2. The van der Waals surface area contributed by atoms with Crippen molar-refractivity contribution in [3.05, 3.63) is 81.8 Å². The summed E-state index contributed by atoms with van der Waals surface area (Å²) in [6, 6.07) is 17.5. The molecule has 0 N–H and O–H groups in total. The normalized spacial score (nSPS) is 11.0. The van der Waals surface area contributed by atoms with E-state index in [9.17, 15) is 4.79 Å². The second-order valence-electron chi connectivity index (χ2n) is 5.48. The van der Waals surface area contributed by atoms with Crippen molar-refractivity contribution in [2.24, 2.45) is 5.10 Å². The van der Waals surface area contributed by atoms with Gasteiger partial charge in [0.25, 0.3) is 5.56 Å². The average Bonchev–Trinajstić information content (AvgIpc) is 2.69. The van der Waals surface area contributed by atoms with E-state index >= 15 is 0 Å². The van der Waals surface area contributed by atoms with E-state index in [-0.39, 0.29) is 5.56 Å². The fourth-order valence-corrected chi connectivity index (χ4v) is 2.61. The summed E-state index contributed by atoms with van der Waals surface area (Å²) in [5.41, 5.74) is 2.00. The molecule has 3 aromatic rings. The van der Waals surface area contributed by atoms with Crippen molar-refractivity contribution >= 4 is 18.0 Å². The number of aromatic nitrogens is 3. The van der Waals surface area contributed by atoms with E-state index < -0.39 is 0 Å². The van der Waals surface area contributed by atoms with Crippen LogP contribution in [0.4, 0.5) is 0 Å². The quantitative estimate of drug-likeness (QED) is 0.495. The van der Waals surface area contributed by atoms with E-state index in [1.165, 1.54) is 16.4 Å². The Hall–Kier alpha value is -2.93. The number of aryl methyl sites for hydroxylation is 1. The summed E-state index contributed by atoms with van der Waals surface area (Å²) in [6.45, 7) is 2.13. The molecule has 0 saturated carbocycles. The molecule has 0 atom stereocenters. The molecule has 0 aliphatic carbocycles. The summed E-state index contributed by atoms with van der Waals surface area (Å²) in [4.78, 5) is 12.2. The lowest BCUT2D eigenvalue weighted by atomic mass is 10.2. The topological polar surface area (TPSA) is 69.4 Å². The molecular weight excluding hydrogens is 348 g/mol. The Labute approximate surface area is 155 Å². The van der Waals surface area contributed by atoms with Crippen LogP contribution >= 0.6 is 11.8 Å². The summed E-state index contributed by atoms with van der Waals surface area (Å²) in [5.74, 6) is 0.773. The van der Waals surface area contributed by atoms with Crippen LogP contribution in [0.15, 0.2) is 69.6 Å². The van der Waals surface area contributed by atoms with E-state index in [1.54, 1.807) is 13.1 Å². The summed E-state index contributed by atoms with van der Waals surface area (Å²) < 4.78 is 7.02. The lowest BCUT2D eigenvalue weighted by Crippen LogP contribution is -2.23. The lowest BCUT2D eigenvalue weighted by Gasteiger charge is -2.06. The molecule has 0 radical (unpaired) electrons. The molecule has 0 spiro atoms. The van der Waals surface area contributed by atoms with Gasteiger partial charge in [-0.2, -0.15) is 9.78 Å². The highest BCUT2D eigenvalue weighted by molar-refractivity contribution is 7.98. The molecule has 26 heavy (non-hydrogen) atoms. The van der Waals surface area contributed by atoms with Gasteiger partial charge in [0.1, 0.15) is 18.1 Å². The third-order valence-corrected chi connectivity index (χ3v) is 4.22. The monoisotopic (exact) mass is 366 g/mol. The first-order valence-electron chi connectivity index (χ1n) is 7.99. The predicted octanol–water partition coefficient (Wildman–Crippen LogP) is 3.13. The molecule has 0 unspecified atom stereocenters. The van der Waals surface area contributed by atoms with E-state index in [1.807, 2.05) is 60.9 Å². The summed E-state index contributed by atoms with van der Waals surface area (Å²) in [6.07, 6.45) is 3.44. The second-order valence-corrected chi connectivity index (χ2v) is 6.25. The molecule has 1 heterocycles. The van der Waals surface area contributed by atoms with Crippen LogP contribution in [0.25, 0.3) is 0 Å². The van der Waals surface area contributed by atoms with Crippen LogP contribution in [-0.4, -0.2) is 27.3 Å². The molecule has 7 heteroatoms. The summed E-state index contributed by atoms with van der Waals surface area (Å²) >= 11 is 1.32. The third-order valence-electron chi connectivity index (χ3n) is 3.60. The first kappa shape index (κ1) is 17.9. The third kappa shape index (κ3) is 4.37. The standard InChI is InChI=1S/C19H18N4O2S/c1-14-18(24)23(19(26-2)22-21-14)20-12-15-8-10-17(11-9-15)25-13-16-6-4-3-5-7-16/h3-12H,13H2,1-2H3/b20-12-. The Morgan fingerprint density at radius 3 is 2.54 bits per heavy atom. The van der Waals surface area contributed by atoms with Gasteiger partial charge in [-0.05, 0) is 48.6 Å². The SMILES string of the molecule is CSc1nnc(C)c(=O)n1/N=C\c1ccc(OCc2ccccc2)cc1. The van der Waals surface area contributed by atoms with Crippen molar-refractivity contribution in [1.29, 1.82) is 0 Å². The Morgan fingerprint density at radius 2 is 1.85 bits per heavy atom. The van der Waals surface area contributed by atoms with Gasteiger partial charge in [0.05, 0.1) is 6.21 Å². The highest BCUT2D eigenvalue weighted by Crippen LogP contribution is 2.14. The van der Waals surface area contributed by atoms with Gasteiger partial charge in [0.2, 0.25) is 5.16 Å². The molecule has 0 aliphatic rings. The minimum atomic E-state index is -0.275. The van der Waals surface area contributed by atoms with Crippen LogP contribution in [0.5, 0.6) is 5.75 Å². The van der Waals surface area contributed by atoms with Gasteiger partial charge in [-0.1, -0.05) is 42.1 Å². The summed E-state index contributed by atoms with van der Waals surface area (Å²) in [5, 5.41) is 12.5. The number of nitrogens with zero attached hydrogens (tertiary/aromatic N) is 4. The van der Waals surface area contributed by atoms with Crippen LogP contribution in [-0.2, 0) is 6.61 Å². The van der Waals surface area contributed by atoms with Crippen LogP contribution < -0.4 is 10.3 Å². The maximum atomic E-state index is 12.2. The van der Waals surface area contributed by atoms with Crippen molar-refractivity contribution in [2.45, 2.75) is 18.7 Å². The first-order valence-corrected chi connectivity index (χ1v) is 9.21. The maximum absolute atomic E-state index is 12.2. The average molecular weight is 366 g/mol. The minimum absolute atomic E-state index is 0.275.